The van der Waals surface area contributed by atoms with Crippen LogP contribution in [-0.2, 0) is 18.7 Å². The van der Waals surface area contributed by atoms with Gasteiger partial charge in [-0.15, -0.1) is 10.2 Å². The zero-order valence-electron chi connectivity index (χ0n) is 15.5. The molecule has 0 bridgehead atoms. The largest absolute Gasteiger partial charge is 0.382 e. The average Bonchev–Trinajstić information content (AvgIpc) is 3.30. The van der Waals surface area contributed by atoms with Crippen LogP contribution >= 0.6 is 35.0 Å². The maximum absolute atomic E-state index is 11.5. The normalized spacial score (nSPS) is 13.8. The topological polar surface area (TPSA) is 84.9 Å². The molecule has 150 valence electrons. The van der Waals surface area contributed by atoms with E-state index < -0.39 is 5.60 Å². The summed E-state index contributed by atoms with van der Waals surface area (Å²) in [5, 5.41) is 25.4. The maximum atomic E-state index is 11.5. The van der Waals surface area contributed by atoms with E-state index in [1.165, 1.54) is 11.8 Å². The summed E-state index contributed by atoms with van der Waals surface area (Å²) in [5.74, 6) is 0.284. The lowest BCUT2D eigenvalue weighted by molar-refractivity contribution is 0.0435. The molecule has 0 saturated carbocycles. The Morgan fingerprint density at radius 1 is 1.29 bits per heavy atom. The Morgan fingerprint density at radius 2 is 2.11 bits per heavy atom. The van der Waals surface area contributed by atoms with Gasteiger partial charge in [-0.3, -0.25) is 0 Å². The molecule has 0 spiro atoms. The summed E-state index contributed by atoms with van der Waals surface area (Å²) in [5.41, 5.74) is -0.693. The minimum Gasteiger partial charge on any atom is -0.382 e. The third-order valence-electron chi connectivity index (χ3n) is 4.06. The van der Waals surface area contributed by atoms with Crippen molar-refractivity contribution in [1.29, 1.82) is 0 Å². The van der Waals surface area contributed by atoms with Crippen LogP contribution in [0.3, 0.4) is 0 Å². The first-order valence-electron chi connectivity index (χ1n) is 8.55. The molecule has 1 aromatic carbocycles. The lowest BCUT2D eigenvalue weighted by Crippen LogP contribution is -2.34. The highest BCUT2D eigenvalue weighted by molar-refractivity contribution is 7.99. The minimum atomic E-state index is -1.28. The van der Waals surface area contributed by atoms with Crippen LogP contribution < -0.4 is 0 Å². The number of aliphatic hydroxyl groups is 1. The van der Waals surface area contributed by atoms with Gasteiger partial charge in [-0.05, 0) is 31.4 Å². The lowest BCUT2D eigenvalue weighted by Gasteiger charge is -2.29. The quantitative estimate of drug-likeness (QED) is 0.510. The Bertz CT molecular complexity index is 903. The van der Waals surface area contributed by atoms with Gasteiger partial charge >= 0.3 is 0 Å². The van der Waals surface area contributed by atoms with Gasteiger partial charge in [0.05, 0.1) is 19.4 Å². The summed E-state index contributed by atoms with van der Waals surface area (Å²) in [6.07, 6.45) is 5.10. The molecule has 0 amide bonds. The molecule has 8 nitrogen and oxygen atoms in total. The number of rotatable bonds is 9. The van der Waals surface area contributed by atoms with Crippen molar-refractivity contribution >= 4 is 35.0 Å². The Labute approximate surface area is 177 Å². The van der Waals surface area contributed by atoms with E-state index >= 15 is 0 Å². The first-order chi connectivity index (χ1) is 13.4. The zero-order valence-corrected chi connectivity index (χ0v) is 17.9. The van der Waals surface area contributed by atoms with Gasteiger partial charge in [0.15, 0.2) is 0 Å². The van der Waals surface area contributed by atoms with Crippen LogP contribution in [0.1, 0.15) is 5.56 Å². The Balaban J connectivity index is 1.78. The molecule has 3 rings (SSSR count). The molecule has 0 fully saturated rings. The van der Waals surface area contributed by atoms with Crippen molar-refractivity contribution in [2.45, 2.75) is 23.8 Å². The fourth-order valence-corrected chi connectivity index (χ4v) is 4.06. The third kappa shape index (κ3) is 5.45. The predicted octanol–water partition coefficient (Wildman–Crippen LogP) is 2.42. The molecule has 2 aromatic heterocycles. The molecule has 1 N–H and O–H groups in total. The maximum Gasteiger partial charge on any atom is 0.231 e. The monoisotopic (exact) mass is 441 g/mol. The van der Waals surface area contributed by atoms with Crippen LogP contribution in [0.4, 0.5) is 0 Å². The molecule has 0 aliphatic rings. The summed E-state index contributed by atoms with van der Waals surface area (Å²) < 4.78 is 1.80. The molecule has 0 unspecified atom stereocenters. The summed E-state index contributed by atoms with van der Waals surface area (Å²) in [4.78, 5) is 7.63. The van der Waals surface area contributed by atoms with Gasteiger partial charge in [-0.1, -0.05) is 41.0 Å². The first-order valence-corrected chi connectivity index (χ1v) is 10.3. The zero-order chi connectivity index (χ0) is 20.1. The van der Waals surface area contributed by atoms with E-state index in [-0.39, 0.29) is 12.3 Å². The van der Waals surface area contributed by atoms with E-state index in [4.69, 9.17) is 23.2 Å². The first kappa shape index (κ1) is 21.1. The number of imidazole rings is 1. The smallest absolute Gasteiger partial charge is 0.231 e. The molecule has 0 aliphatic carbocycles. The van der Waals surface area contributed by atoms with Crippen molar-refractivity contribution in [2.24, 2.45) is 0 Å². The number of hydrogen-bond acceptors (Lipinski definition) is 7. The summed E-state index contributed by atoms with van der Waals surface area (Å²) in [6.45, 7) is 1.73. The van der Waals surface area contributed by atoms with E-state index in [0.717, 1.165) is 6.54 Å². The summed E-state index contributed by atoms with van der Waals surface area (Å²) in [7, 11) is 3.97. The van der Waals surface area contributed by atoms with E-state index in [0.29, 0.717) is 27.3 Å². The fraction of sp³-hybridized carbons (Fsp3) is 0.412. The standard InChI is InChI=1S/C17H21Cl2N7OS/c1-24(2)7-8-26-22-16(21-23-26)28-11-17(27,10-25-6-5-20-12-25)14-4-3-13(18)9-15(14)19/h3-6,9,12,27H,7-8,10-11H2,1-2H3/t17-/m1/s1. The van der Waals surface area contributed by atoms with E-state index in [2.05, 4.69) is 20.4 Å². The van der Waals surface area contributed by atoms with E-state index in [1.54, 1.807) is 46.3 Å². The van der Waals surface area contributed by atoms with Crippen molar-refractivity contribution in [1.82, 2.24) is 34.7 Å². The number of halogens is 2. The molecule has 0 aliphatic heterocycles. The van der Waals surface area contributed by atoms with E-state index in [1.807, 2.05) is 19.0 Å². The van der Waals surface area contributed by atoms with Gasteiger partial charge < -0.3 is 14.6 Å². The third-order valence-corrected chi connectivity index (χ3v) is 5.65. The van der Waals surface area contributed by atoms with Crippen LogP contribution in [0.15, 0.2) is 42.1 Å². The number of likely N-dealkylation sites (N-methyl/N-ethyl adjacent to an activating group) is 1. The number of tetrazole rings is 1. The fourth-order valence-electron chi connectivity index (χ4n) is 2.61. The molecule has 3 aromatic rings. The van der Waals surface area contributed by atoms with Gasteiger partial charge in [0.25, 0.3) is 0 Å². The number of benzene rings is 1. The highest BCUT2D eigenvalue weighted by Gasteiger charge is 2.33. The van der Waals surface area contributed by atoms with Gasteiger partial charge in [0, 0.05) is 40.3 Å². The average molecular weight is 442 g/mol. The second kappa shape index (κ2) is 9.23. The van der Waals surface area contributed by atoms with Gasteiger partial charge in [0.1, 0.15) is 5.60 Å². The Morgan fingerprint density at radius 3 is 2.79 bits per heavy atom. The molecule has 11 heteroatoms. The van der Waals surface area contributed by atoms with Crippen molar-refractivity contribution in [3.63, 3.8) is 0 Å². The van der Waals surface area contributed by atoms with Crippen LogP contribution in [0.25, 0.3) is 0 Å². The van der Waals surface area contributed by atoms with Crippen molar-refractivity contribution in [2.75, 3.05) is 26.4 Å². The SMILES string of the molecule is CN(C)CCn1nnc(SC[C@](O)(Cn2ccnc2)c2ccc(Cl)cc2Cl)n1. The highest BCUT2D eigenvalue weighted by atomic mass is 35.5. The van der Waals surface area contributed by atoms with Crippen molar-refractivity contribution in [3.05, 3.63) is 52.5 Å². The minimum absolute atomic E-state index is 0.274. The number of hydrogen-bond donors (Lipinski definition) is 1. The molecular weight excluding hydrogens is 421 g/mol. The molecule has 2 heterocycles. The van der Waals surface area contributed by atoms with Crippen LogP contribution in [-0.4, -0.2) is 66.2 Å². The lowest BCUT2D eigenvalue weighted by atomic mass is 9.95. The van der Waals surface area contributed by atoms with Crippen LogP contribution in [0.2, 0.25) is 10.0 Å². The van der Waals surface area contributed by atoms with Crippen LogP contribution in [0, 0.1) is 0 Å². The van der Waals surface area contributed by atoms with E-state index in [9.17, 15) is 5.11 Å². The van der Waals surface area contributed by atoms with Gasteiger partial charge in [0.2, 0.25) is 5.16 Å². The summed E-state index contributed by atoms with van der Waals surface area (Å²) >= 11 is 13.7. The molecule has 1 atom stereocenters. The molecule has 28 heavy (non-hydrogen) atoms. The number of nitrogens with zero attached hydrogens (tertiary/aromatic N) is 7. The van der Waals surface area contributed by atoms with Gasteiger partial charge in [-0.2, -0.15) is 4.80 Å². The Kier molecular flexibility index (Phi) is 6.95. The number of aromatic nitrogens is 6. The van der Waals surface area contributed by atoms with Gasteiger partial charge in [-0.25, -0.2) is 4.98 Å². The predicted molar refractivity (Wildman–Crippen MR) is 110 cm³/mol. The molecule has 0 saturated heterocycles. The second-order valence-corrected chi connectivity index (χ2v) is 8.44. The van der Waals surface area contributed by atoms with Crippen LogP contribution in [0.5, 0.6) is 0 Å². The molecule has 0 radical (unpaired) electrons. The highest BCUT2D eigenvalue weighted by Crippen LogP contribution is 2.35. The number of thioether (sulfide) groups is 1. The Hall–Kier alpha value is -1.65. The second-order valence-electron chi connectivity index (χ2n) is 6.65. The molecular formula is C17H21Cl2N7OS. The van der Waals surface area contributed by atoms with Crippen molar-refractivity contribution < 1.29 is 5.11 Å². The summed E-state index contributed by atoms with van der Waals surface area (Å²) in [6, 6.07) is 5.07. The van der Waals surface area contributed by atoms with Crippen molar-refractivity contribution in [3.8, 4) is 0 Å².